The standard InChI is InChI=1S/C51H94O5/c1-4-7-10-13-15-17-19-21-23-25-26-27-28-30-32-34-36-39-41-44-50(52)55-48-49(56-51(53)45-42-38-12-9-6-3)47-54-46-43-40-37-35-33-31-29-24-22-20-18-16-14-11-8-5-2/h15,17,21,23,26-27,49H,4-14,16,18-20,22,24-25,28-48H2,1-3H3/b17-15-,23-21-,27-26-. The summed E-state index contributed by atoms with van der Waals surface area (Å²) < 4.78 is 17.2. The van der Waals surface area contributed by atoms with Gasteiger partial charge in [-0.05, 0) is 57.8 Å². The van der Waals surface area contributed by atoms with Gasteiger partial charge in [0.1, 0.15) is 6.61 Å². The second kappa shape index (κ2) is 47.5. The van der Waals surface area contributed by atoms with Crippen molar-refractivity contribution >= 4 is 11.9 Å². The van der Waals surface area contributed by atoms with Gasteiger partial charge in [-0.2, -0.15) is 0 Å². The van der Waals surface area contributed by atoms with E-state index in [4.69, 9.17) is 14.2 Å². The van der Waals surface area contributed by atoms with Crippen molar-refractivity contribution in [3.05, 3.63) is 36.5 Å². The van der Waals surface area contributed by atoms with E-state index in [-0.39, 0.29) is 25.2 Å². The molecule has 0 aromatic heterocycles. The van der Waals surface area contributed by atoms with Crippen LogP contribution >= 0.6 is 0 Å². The molecular weight excluding hydrogens is 693 g/mol. The summed E-state index contributed by atoms with van der Waals surface area (Å²) in [4.78, 5) is 25.1. The molecule has 0 spiro atoms. The minimum atomic E-state index is -0.532. The number of hydrogen-bond acceptors (Lipinski definition) is 5. The van der Waals surface area contributed by atoms with Crippen LogP contribution in [0.1, 0.15) is 252 Å². The molecule has 0 aliphatic carbocycles. The third-order valence-corrected chi connectivity index (χ3v) is 10.7. The minimum absolute atomic E-state index is 0.0822. The third kappa shape index (κ3) is 44.8. The van der Waals surface area contributed by atoms with Gasteiger partial charge >= 0.3 is 11.9 Å². The Balaban J connectivity index is 4.03. The Labute approximate surface area is 349 Å². The topological polar surface area (TPSA) is 61.8 Å². The summed E-state index contributed by atoms with van der Waals surface area (Å²) in [7, 11) is 0. The number of hydrogen-bond donors (Lipinski definition) is 0. The molecule has 0 aliphatic rings. The molecule has 1 unspecified atom stereocenters. The van der Waals surface area contributed by atoms with E-state index < -0.39 is 6.10 Å². The Kier molecular flexibility index (Phi) is 45.9. The quantitative estimate of drug-likeness (QED) is 0.0349. The van der Waals surface area contributed by atoms with Gasteiger partial charge in [-0.3, -0.25) is 9.59 Å². The highest BCUT2D eigenvalue weighted by atomic mass is 16.6. The maximum Gasteiger partial charge on any atom is 0.306 e. The van der Waals surface area contributed by atoms with Crippen molar-refractivity contribution in [1.29, 1.82) is 0 Å². The predicted octanol–water partition coefficient (Wildman–Crippen LogP) is 16.2. The second-order valence-corrected chi connectivity index (χ2v) is 16.4. The minimum Gasteiger partial charge on any atom is -0.462 e. The lowest BCUT2D eigenvalue weighted by molar-refractivity contribution is -0.163. The lowest BCUT2D eigenvalue weighted by Crippen LogP contribution is -2.30. The van der Waals surface area contributed by atoms with Crippen molar-refractivity contribution < 1.29 is 23.8 Å². The Morgan fingerprint density at radius 3 is 1.23 bits per heavy atom. The van der Waals surface area contributed by atoms with E-state index in [0.29, 0.717) is 19.4 Å². The van der Waals surface area contributed by atoms with Crippen LogP contribution in [0.4, 0.5) is 0 Å². The van der Waals surface area contributed by atoms with Crippen LogP contribution in [0.25, 0.3) is 0 Å². The fraction of sp³-hybridized carbons (Fsp3) is 0.843. The normalized spacial score (nSPS) is 12.4. The summed E-state index contributed by atoms with van der Waals surface area (Å²) in [6, 6.07) is 0. The van der Waals surface area contributed by atoms with Crippen LogP contribution in [-0.4, -0.2) is 37.9 Å². The van der Waals surface area contributed by atoms with E-state index in [0.717, 1.165) is 64.2 Å². The van der Waals surface area contributed by atoms with Gasteiger partial charge in [-0.25, -0.2) is 0 Å². The van der Waals surface area contributed by atoms with Crippen LogP contribution in [0.2, 0.25) is 0 Å². The highest BCUT2D eigenvalue weighted by Gasteiger charge is 2.17. The van der Waals surface area contributed by atoms with Crippen molar-refractivity contribution in [2.75, 3.05) is 19.8 Å². The number of carbonyl (C=O) groups is 2. The van der Waals surface area contributed by atoms with Gasteiger partial charge in [0.05, 0.1) is 6.61 Å². The molecule has 56 heavy (non-hydrogen) atoms. The van der Waals surface area contributed by atoms with Gasteiger partial charge in [0.25, 0.3) is 0 Å². The molecule has 0 bridgehead atoms. The van der Waals surface area contributed by atoms with E-state index in [9.17, 15) is 9.59 Å². The van der Waals surface area contributed by atoms with E-state index >= 15 is 0 Å². The van der Waals surface area contributed by atoms with Gasteiger partial charge in [0, 0.05) is 19.4 Å². The number of carbonyl (C=O) groups excluding carboxylic acids is 2. The first-order valence-electron chi connectivity index (χ1n) is 24.5. The van der Waals surface area contributed by atoms with Crippen molar-refractivity contribution in [2.45, 2.75) is 258 Å². The van der Waals surface area contributed by atoms with Gasteiger partial charge in [-0.1, -0.05) is 218 Å². The highest BCUT2D eigenvalue weighted by Crippen LogP contribution is 2.15. The molecule has 0 rings (SSSR count). The Hall–Kier alpha value is -1.88. The number of allylic oxidation sites excluding steroid dienone is 6. The zero-order chi connectivity index (χ0) is 40.7. The van der Waals surface area contributed by atoms with Crippen LogP contribution in [0.15, 0.2) is 36.5 Å². The van der Waals surface area contributed by atoms with Crippen LogP contribution < -0.4 is 0 Å². The molecule has 0 saturated heterocycles. The molecule has 5 nitrogen and oxygen atoms in total. The Bertz CT molecular complexity index is 893. The largest absolute Gasteiger partial charge is 0.462 e. The molecule has 0 saturated carbocycles. The van der Waals surface area contributed by atoms with Crippen molar-refractivity contribution in [1.82, 2.24) is 0 Å². The molecule has 1 atom stereocenters. The van der Waals surface area contributed by atoms with Crippen LogP contribution in [0.5, 0.6) is 0 Å². The molecule has 328 valence electrons. The van der Waals surface area contributed by atoms with E-state index in [1.807, 2.05) is 0 Å². The first-order valence-corrected chi connectivity index (χ1v) is 24.5. The number of unbranched alkanes of at least 4 members (excludes halogenated alkanes) is 28. The van der Waals surface area contributed by atoms with Crippen molar-refractivity contribution in [3.63, 3.8) is 0 Å². The molecule has 0 aromatic carbocycles. The first kappa shape index (κ1) is 54.1. The van der Waals surface area contributed by atoms with Crippen LogP contribution in [-0.2, 0) is 23.8 Å². The van der Waals surface area contributed by atoms with Crippen molar-refractivity contribution in [2.24, 2.45) is 0 Å². The maximum absolute atomic E-state index is 12.6. The van der Waals surface area contributed by atoms with E-state index in [2.05, 4.69) is 57.2 Å². The summed E-state index contributed by atoms with van der Waals surface area (Å²) in [6.07, 6.45) is 56.0. The summed E-state index contributed by atoms with van der Waals surface area (Å²) in [5.74, 6) is -0.414. The number of rotatable bonds is 45. The van der Waals surface area contributed by atoms with Crippen molar-refractivity contribution in [3.8, 4) is 0 Å². The van der Waals surface area contributed by atoms with Gasteiger partial charge < -0.3 is 14.2 Å². The second-order valence-electron chi connectivity index (χ2n) is 16.4. The van der Waals surface area contributed by atoms with E-state index in [1.54, 1.807) is 0 Å². The fourth-order valence-electron chi connectivity index (χ4n) is 6.99. The van der Waals surface area contributed by atoms with Gasteiger partial charge in [0.2, 0.25) is 0 Å². The molecule has 0 heterocycles. The monoisotopic (exact) mass is 787 g/mol. The smallest absolute Gasteiger partial charge is 0.306 e. The lowest BCUT2D eigenvalue weighted by atomic mass is 10.0. The highest BCUT2D eigenvalue weighted by molar-refractivity contribution is 5.70. The molecule has 0 radical (unpaired) electrons. The molecular formula is C51H94O5. The summed E-state index contributed by atoms with van der Waals surface area (Å²) in [5.41, 5.74) is 0. The maximum atomic E-state index is 12.6. The zero-order valence-corrected chi connectivity index (χ0v) is 37.7. The SMILES string of the molecule is CCCCC/C=C\C/C=C\C/C=C\CCCCCCCCC(=O)OCC(COCCCCCCCCCCCCCCCCCC)OC(=O)CCCCCCC. The number of ether oxygens (including phenoxy) is 3. The average molecular weight is 787 g/mol. The van der Waals surface area contributed by atoms with Crippen LogP contribution in [0.3, 0.4) is 0 Å². The summed E-state index contributed by atoms with van der Waals surface area (Å²) in [6.45, 7) is 7.75. The zero-order valence-electron chi connectivity index (χ0n) is 37.7. The van der Waals surface area contributed by atoms with Crippen LogP contribution in [0, 0.1) is 0 Å². The lowest BCUT2D eigenvalue weighted by Gasteiger charge is -2.18. The van der Waals surface area contributed by atoms with Gasteiger partial charge in [-0.15, -0.1) is 0 Å². The summed E-state index contributed by atoms with van der Waals surface area (Å²) in [5, 5.41) is 0. The molecule has 0 aliphatic heterocycles. The Morgan fingerprint density at radius 2 is 0.750 bits per heavy atom. The molecule has 0 amide bonds. The molecule has 0 fully saturated rings. The molecule has 0 aromatic rings. The first-order chi connectivity index (χ1) is 27.6. The molecule has 5 heteroatoms. The van der Waals surface area contributed by atoms with Gasteiger partial charge in [0.15, 0.2) is 6.10 Å². The number of esters is 2. The summed E-state index contributed by atoms with van der Waals surface area (Å²) >= 11 is 0. The van der Waals surface area contributed by atoms with E-state index in [1.165, 1.54) is 154 Å². The Morgan fingerprint density at radius 1 is 0.393 bits per heavy atom. The molecule has 0 N–H and O–H groups in total. The predicted molar refractivity (Wildman–Crippen MR) is 242 cm³/mol. The fourth-order valence-corrected chi connectivity index (χ4v) is 6.99. The average Bonchev–Trinajstić information content (AvgIpc) is 3.20. The third-order valence-electron chi connectivity index (χ3n) is 10.7.